The Balaban J connectivity index is 2.00. The Hall–Kier alpha value is -2.61. The highest BCUT2D eigenvalue weighted by Crippen LogP contribution is 2.34. The number of aromatic nitrogens is 4. The van der Waals surface area contributed by atoms with E-state index in [1.54, 1.807) is 12.1 Å². The second-order valence-electron chi connectivity index (χ2n) is 4.74. The first-order valence-corrected chi connectivity index (χ1v) is 6.97. The average molecular weight is 338 g/mol. The second-order valence-corrected chi connectivity index (χ2v) is 5.14. The SMILES string of the molecule is COc1cc(Cl)c(Cc2nc3nc(F)nc(N)c3[nH]2)cc1OC. The maximum Gasteiger partial charge on any atom is 0.312 e. The van der Waals surface area contributed by atoms with Crippen LogP contribution in [0.2, 0.25) is 5.02 Å². The molecular formula is C14H13ClFN5O2. The number of nitrogens with zero attached hydrogens (tertiary/aromatic N) is 3. The summed E-state index contributed by atoms with van der Waals surface area (Å²) in [5, 5.41) is 0.494. The molecule has 0 bridgehead atoms. The normalized spacial score (nSPS) is 11.0. The van der Waals surface area contributed by atoms with Crippen LogP contribution in [-0.4, -0.2) is 34.2 Å². The zero-order valence-corrected chi connectivity index (χ0v) is 13.1. The van der Waals surface area contributed by atoms with E-state index in [1.165, 1.54) is 14.2 Å². The lowest BCUT2D eigenvalue weighted by Crippen LogP contribution is -1.97. The van der Waals surface area contributed by atoms with Gasteiger partial charge in [-0.05, 0) is 11.6 Å². The predicted molar refractivity (Wildman–Crippen MR) is 83.4 cm³/mol. The zero-order chi connectivity index (χ0) is 16.6. The lowest BCUT2D eigenvalue weighted by Gasteiger charge is -2.10. The molecule has 0 aliphatic heterocycles. The quantitative estimate of drug-likeness (QED) is 0.709. The number of methoxy groups -OCH3 is 2. The first-order valence-electron chi connectivity index (χ1n) is 6.59. The van der Waals surface area contributed by atoms with E-state index in [0.29, 0.717) is 34.3 Å². The number of imidazole rings is 1. The largest absolute Gasteiger partial charge is 0.493 e. The highest BCUT2D eigenvalue weighted by atomic mass is 35.5. The molecule has 0 fully saturated rings. The fraction of sp³-hybridized carbons (Fsp3) is 0.214. The van der Waals surface area contributed by atoms with Crippen molar-refractivity contribution in [3.63, 3.8) is 0 Å². The van der Waals surface area contributed by atoms with Gasteiger partial charge in [0, 0.05) is 17.5 Å². The van der Waals surface area contributed by atoms with E-state index >= 15 is 0 Å². The summed E-state index contributed by atoms with van der Waals surface area (Å²) in [5.41, 5.74) is 6.97. The minimum atomic E-state index is -0.919. The molecule has 7 nitrogen and oxygen atoms in total. The third-order valence-corrected chi connectivity index (χ3v) is 3.66. The molecule has 0 saturated carbocycles. The summed E-state index contributed by atoms with van der Waals surface area (Å²) in [6, 6.07) is 3.41. The van der Waals surface area contributed by atoms with Crippen LogP contribution < -0.4 is 15.2 Å². The van der Waals surface area contributed by atoms with Crippen molar-refractivity contribution in [2.45, 2.75) is 6.42 Å². The number of nitrogens with two attached hydrogens (primary N) is 1. The van der Waals surface area contributed by atoms with Gasteiger partial charge in [0.15, 0.2) is 23.0 Å². The van der Waals surface area contributed by atoms with Gasteiger partial charge in [-0.25, -0.2) is 4.98 Å². The van der Waals surface area contributed by atoms with Gasteiger partial charge < -0.3 is 20.2 Å². The Morgan fingerprint density at radius 1 is 1.17 bits per heavy atom. The molecule has 0 atom stereocenters. The number of ether oxygens (including phenoxy) is 2. The number of nitrogens with one attached hydrogen (secondary N) is 1. The Morgan fingerprint density at radius 2 is 1.87 bits per heavy atom. The van der Waals surface area contributed by atoms with Crippen molar-refractivity contribution < 1.29 is 13.9 Å². The molecule has 0 aliphatic rings. The number of anilines is 1. The highest BCUT2D eigenvalue weighted by Gasteiger charge is 2.14. The number of halogens is 2. The van der Waals surface area contributed by atoms with Crippen molar-refractivity contribution in [3.8, 4) is 11.5 Å². The van der Waals surface area contributed by atoms with Crippen molar-refractivity contribution in [1.82, 2.24) is 19.9 Å². The molecule has 0 amide bonds. The van der Waals surface area contributed by atoms with E-state index < -0.39 is 6.08 Å². The summed E-state index contributed by atoms with van der Waals surface area (Å²) in [5.74, 6) is 1.61. The van der Waals surface area contributed by atoms with Gasteiger partial charge in [-0.3, -0.25) is 0 Å². The second kappa shape index (κ2) is 5.88. The average Bonchev–Trinajstić information content (AvgIpc) is 2.91. The monoisotopic (exact) mass is 337 g/mol. The molecule has 2 heterocycles. The molecule has 120 valence electrons. The fourth-order valence-electron chi connectivity index (χ4n) is 2.23. The number of hydrogen-bond acceptors (Lipinski definition) is 6. The minimum absolute atomic E-state index is 0.00431. The van der Waals surface area contributed by atoms with Gasteiger partial charge in [0.25, 0.3) is 0 Å². The van der Waals surface area contributed by atoms with Crippen LogP contribution >= 0.6 is 11.6 Å². The summed E-state index contributed by atoms with van der Waals surface area (Å²) in [6.07, 6.45) is -0.562. The van der Waals surface area contributed by atoms with Crippen LogP contribution in [0.15, 0.2) is 12.1 Å². The molecule has 1 aromatic carbocycles. The number of hydrogen-bond donors (Lipinski definition) is 2. The molecule has 23 heavy (non-hydrogen) atoms. The molecule has 3 aromatic rings. The van der Waals surface area contributed by atoms with Crippen LogP contribution in [-0.2, 0) is 6.42 Å². The number of nitrogen functional groups attached to an aromatic ring is 1. The number of fused-ring (bicyclic) bond motifs is 1. The predicted octanol–water partition coefficient (Wildman–Crippen LogP) is 2.34. The molecule has 0 unspecified atom stereocenters. The Labute approximate surface area is 135 Å². The smallest absolute Gasteiger partial charge is 0.312 e. The number of H-pyrrole nitrogens is 1. The van der Waals surface area contributed by atoms with E-state index in [1.807, 2.05) is 0 Å². The van der Waals surface area contributed by atoms with E-state index in [0.717, 1.165) is 5.56 Å². The first kappa shape index (κ1) is 15.3. The zero-order valence-electron chi connectivity index (χ0n) is 12.4. The number of benzene rings is 1. The molecular weight excluding hydrogens is 325 g/mol. The van der Waals surface area contributed by atoms with Crippen molar-refractivity contribution >= 4 is 28.6 Å². The highest BCUT2D eigenvalue weighted by molar-refractivity contribution is 6.31. The van der Waals surface area contributed by atoms with Gasteiger partial charge in [-0.15, -0.1) is 0 Å². The molecule has 0 aliphatic carbocycles. The van der Waals surface area contributed by atoms with Gasteiger partial charge >= 0.3 is 6.08 Å². The van der Waals surface area contributed by atoms with Crippen molar-refractivity contribution in [1.29, 1.82) is 0 Å². The van der Waals surface area contributed by atoms with Gasteiger partial charge in [-0.2, -0.15) is 14.4 Å². The van der Waals surface area contributed by atoms with Gasteiger partial charge in [-0.1, -0.05) is 11.6 Å². The molecule has 0 saturated heterocycles. The number of rotatable bonds is 4. The van der Waals surface area contributed by atoms with Crippen molar-refractivity contribution in [2.24, 2.45) is 0 Å². The molecule has 0 spiro atoms. The Kier molecular flexibility index (Phi) is 3.91. The summed E-state index contributed by atoms with van der Waals surface area (Å²) in [6.45, 7) is 0. The van der Waals surface area contributed by atoms with E-state index in [9.17, 15) is 4.39 Å². The van der Waals surface area contributed by atoms with E-state index in [-0.39, 0.29) is 11.5 Å². The third-order valence-electron chi connectivity index (χ3n) is 3.31. The summed E-state index contributed by atoms with van der Waals surface area (Å²) < 4.78 is 23.6. The van der Waals surface area contributed by atoms with Crippen LogP contribution in [0.25, 0.3) is 11.2 Å². The molecule has 2 aromatic heterocycles. The van der Waals surface area contributed by atoms with Gasteiger partial charge in [0.05, 0.1) is 14.2 Å². The van der Waals surface area contributed by atoms with E-state index in [4.69, 9.17) is 26.8 Å². The van der Waals surface area contributed by atoms with Crippen LogP contribution in [0, 0.1) is 6.08 Å². The lowest BCUT2D eigenvalue weighted by molar-refractivity contribution is 0.354. The standard InChI is InChI=1S/C14H13ClFN5O2/c1-22-8-3-6(7(15)5-9(8)23-2)4-10-18-11-12(17)20-14(16)21-13(11)19-10/h3,5H,4H2,1-2H3,(H3,17,18,19,20,21). The van der Waals surface area contributed by atoms with E-state index in [2.05, 4.69) is 19.9 Å². The maximum atomic E-state index is 13.2. The number of aromatic amines is 1. The topological polar surface area (TPSA) is 98.9 Å². The Bertz CT molecular complexity index is 883. The summed E-state index contributed by atoms with van der Waals surface area (Å²) >= 11 is 6.25. The van der Waals surface area contributed by atoms with Crippen LogP contribution in [0.3, 0.4) is 0 Å². The molecule has 0 radical (unpaired) electrons. The lowest BCUT2D eigenvalue weighted by atomic mass is 10.1. The fourth-order valence-corrected chi connectivity index (χ4v) is 2.46. The minimum Gasteiger partial charge on any atom is -0.493 e. The Morgan fingerprint density at radius 3 is 2.57 bits per heavy atom. The van der Waals surface area contributed by atoms with Crippen LogP contribution in [0.1, 0.15) is 11.4 Å². The van der Waals surface area contributed by atoms with Gasteiger partial charge in [0.2, 0.25) is 0 Å². The summed E-state index contributed by atoms with van der Waals surface area (Å²) in [4.78, 5) is 14.2. The molecule has 9 heteroatoms. The molecule has 3 N–H and O–H groups in total. The van der Waals surface area contributed by atoms with Crippen molar-refractivity contribution in [2.75, 3.05) is 20.0 Å². The van der Waals surface area contributed by atoms with Crippen LogP contribution in [0.5, 0.6) is 11.5 Å². The maximum absolute atomic E-state index is 13.2. The third kappa shape index (κ3) is 2.85. The molecule has 3 rings (SSSR count). The summed E-state index contributed by atoms with van der Waals surface area (Å²) in [7, 11) is 3.07. The van der Waals surface area contributed by atoms with Gasteiger partial charge in [0.1, 0.15) is 11.3 Å². The first-order chi connectivity index (χ1) is 11.0. The van der Waals surface area contributed by atoms with Crippen LogP contribution in [0.4, 0.5) is 10.2 Å². The van der Waals surface area contributed by atoms with Crippen molar-refractivity contribution in [3.05, 3.63) is 34.6 Å².